The van der Waals surface area contributed by atoms with Crippen LogP contribution in [0.2, 0.25) is 0 Å². The van der Waals surface area contributed by atoms with E-state index in [4.69, 9.17) is 4.74 Å². The largest absolute Gasteiger partial charge is 0.471 e. The van der Waals surface area contributed by atoms with Crippen molar-refractivity contribution in [3.63, 3.8) is 0 Å². The van der Waals surface area contributed by atoms with Crippen LogP contribution in [-0.4, -0.2) is 40.2 Å². The fourth-order valence-electron chi connectivity index (χ4n) is 2.79. The number of likely N-dealkylation sites (tertiary alicyclic amines) is 1. The standard InChI is InChI=1S/C17H13F6N3O2/c18-16(19,20)11-6-10(7-12(8-11)17(21,22)23)15(27)26-5-3-13(9-26)28-14-2-1-4-24-25-14/h1-2,4,6-8,13H,3,5,9H2. The minimum atomic E-state index is -5.01. The van der Waals surface area contributed by atoms with E-state index >= 15 is 0 Å². The van der Waals surface area contributed by atoms with Crippen LogP contribution < -0.4 is 4.74 Å². The van der Waals surface area contributed by atoms with Gasteiger partial charge in [-0.1, -0.05) is 0 Å². The van der Waals surface area contributed by atoms with Crippen LogP contribution in [0.3, 0.4) is 0 Å². The van der Waals surface area contributed by atoms with Gasteiger partial charge in [-0.25, -0.2) is 0 Å². The van der Waals surface area contributed by atoms with Gasteiger partial charge in [0.2, 0.25) is 5.88 Å². The topological polar surface area (TPSA) is 55.3 Å². The molecule has 3 rings (SSSR count). The molecule has 0 aliphatic carbocycles. The minimum Gasteiger partial charge on any atom is -0.471 e. The number of amides is 1. The molecule has 150 valence electrons. The third-order valence-corrected chi connectivity index (χ3v) is 4.10. The summed E-state index contributed by atoms with van der Waals surface area (Å²) in [6.45, 7) is 0.133. The highest BCUT2D eigenvalue weighted by atomic mass is 19.4. The summed E-state index contributed by atoms with van der Waals surface area (Å²) >= 11 is 0. The van der Waals surface area contributed by atoms with Gasteiger partial charge in [0.15, 0.2) is 0 Å². The molecule has 0 bridgehead atoms. The normalized spacial score (nSPS) is 17.6. The van der Waals surface area contributed by atoms with Crippen LogP contribution in [0.25, 0.3) is 0 Å². The van der Waals surface area contributed by atoms with Gasteiger partial charge in [0.05, 0.1) is 17.7 Å². The Morgan fingerprint density at radius 2 is 1.71 bits per heavy atom. The fraction of sp³-hybridized carbons (Fsp3) is 0.353. The van der Waals surface area contributed by atoms with Gasteiger partial charge in [-0.15, -0.1) is 5.10 Å². The molecule has 1 unspecified atom stereocenters. The van der Waals surface area contributed by atoms with Crippen molar-refractivity contribution in [2.24, 2.45) is 0 Å². The lowest BCUT2D eigenvalue weighted by atomic mass is 10.0. The molecule has 2 heterocycles. The van der Waals surface area contributed by atoms with Gasteiger partial charge < -0.3 is 9.64 Å². The van der Waals surface area contributed by atoms with Gasteiger partial charge in [-0.2, -0.15) is 31.4 Å². The van der Waals surface area contributed by atoms with Crippen LogP contribution in [0.4, 0.5) is 26.3 Å². The van der Waals surface area contributed by atoms with Gasteiger partial charge in [0.1, 0.15) is 6.10 Å². The van der Waals surface area contributed by atoms with Crippen LogP contribution in [0, 0.1) is 0 Å². The molecule has 0 saturated carbocycles. The zero-order valence-electron chi connectivity index (χ0n) is 14.1. The summed E-state index contributed by atoms with van der Waals surface area (Å²) in [5, 5.41) is 7.35. The smallest absolute Gasteiger partial charge is 0.416 e. The summed E-state index contributed by atoms with van der Waals surface area (Å²) in [5.74, 6) is -0.720. The molecule has 1 saturated heterocycles. The van der Waals surface area contributed by atoms with E-state index in [2.05, 4.69) is 10.2 Å². The maximum absolute atomic E-state index is 13.0. The lowest BCUT2D eigenvalue weighted by Gasteiger charge is -2.19. The van der Waals surface area contributed by atoms with Crippen molar-refractivity contribution in [3.05, 3.63) is 53.2 Å². The Balaban J connectivity index is 1.80. The van der Waals surface area contributed by atoms with E-state index in [9.17, 15) is 31.1 Å². The number of alkyl halides is 6. The van der Waals surface area contributed by atoms with E-state index in [1.54, 1.807) is 12.1 Å². The Labute approximate surface area is 154 Å². The Kier molecular flexibility index (Phi) is 5.18. The van der Waals surface area contributed by atoms with E-state index in [1.165, 1.54) is 6.20 Å². The molecule has 1 aromatic heterocycles. The number of carbonyl (C=O) groups excluding carboxylic acids is 1. The minimum absolute atomic E-state index is 0.00695. The SMILES string of the molecule is O=C(c1cc(C(F)(F)F)cc(C(F)(F)F)c1)N1CCC(Oc2cccnn2)C1. The maximum atomic E-state index is 13.0. The zero-order chi connectivity index (χ0) is 20.5. The first-order valence-corrected chi connectivity index (χ1v) is 8.07. The first-order chi connectivity index (χ1) is 13.0. The predicted octanol–water partition coefficient (Wildman–Crippen LogP) is 3.81. The van der Waals surface area contributed by atoms with Gasteiger partial charge in [-0.05, 0) is 24.3 Å². The number of aromatic nitrogens is 2. The number of rotatable bonds is 3. The quantitative estimate of drug-likeness (QED) is 0.729. The van der Waals surface area contributed by atoms with Crippen molar-refractivity contribution in [2.45, 2.75) is 24.9 Å². The van der Waals surface area contributed by atoms with Crippen LogP contribution in [0.15, 0.2) is 36.5 Å². The lowest BCUT2D eigenvalue weighted by Crippen LogP contribution is -2.31. The number of halogens is 6. The Morgan fingerprint density at radius 3 is 2.25 bits per heavy atom. The highest BCUT2D eigenvalue weighted by Gasteiger charge is 2.38. The molecule has 1 amide bonds. The molecule has 0 N–H and O–H groups in total. The van der Waals surface area contributed by atoms with E-state index in [1.807, 2.05) is 0 Å². The van der Waals surface area contributed by atoms with E-state index in [-0.39, 0.29) is 25.0 Å². The molecule has 1 aromatic carbocycles. The van der Waals surface area contributed by atoms with Crippen molar-refractivity contribution >= 4 is 5.91 Å². The second-order valence-electron chi connectivity index (χ2n) is 6.14. The van der Waals surface area contributed by atoms with Crippen molar-refractivity contribution in [1.29, 1.82) is 0 Å². The summed E-state index contributed by atoms with van der Waals surface area (Å²) in [7, 11) is 0. The molecule has 1 aliphatic heterocycles. The number of ether oxygens (including phenoxy) is 1. The van der Waals surface area contributed by atoms with Gasteiger partial charge >= 0.3 is 12.4 Å². The summed E-state index contributed by atoms with van der Waals surface area (Å²) in [4.78, 5) is 13.7. The second kappa shape index (κ2) is 7.28. The zero-order valence-corrected chi connectivity index (χ0v) is 14.1. The average molecular weight is 405 g/mol. The summed E-state index contributed by atoms with van der Waals surface area (Å²) in [6, 6.07) is 3.96. The Hall–Kier alpha value is -2.85. The van der Waals surface area contributed by atoms with Crippen molar-refractivity contribution in [1.82, 2.24) is 15.1 Å². The molecule has 1 aliphatic rings. The van der Waals surface area contributed by atoms with Gasteiger partial charge in [0, 0.05) is 30.8 Å². The molecule has 0 spiro atoms. The summed E-state index contributed by atoms with van der Waals surface area (Å²) in [6.07, 6.45) is -8.73. The third kappa shape index (κ3) is 4.52. The van der Waals surface area contributed by atoms with Crippen LogP contribution in [0.1, 0.15) is 27.9 Å². The van der Waals surface area contributed by atoms with Crippen molar-refractivity contribution in [3.8, 4) is 5.88 Å². The molecule has 1 atom stereocenters. The molecule has 11 heteroatoms. The number of hydrogen-bond donors (Lipinski definition) is 0. The fourth-order valence-corrected chi connectivity index (χ4v) is 2.79. The Bertz CT molecular complexity index is 822. The average Bonchev–Trinajstić information content (AvgIpc) is 3.08. The number of hydrogen-bond acceptors (Lipinski definition) is 4. The number of carbonyl (C=O) groups is 1. The van der Waals surface area contributed by atoms with E-state index < -0.39 is 41.1 Å². The molecular formula is C17H13F6N3O2. The maximum Gasteiger partial charge on any atom is 0.416 e. The lowest BCUT2D eigenvalue weighted by molar-refractivity contribution is -0.143. The monoisotopic (exact) mass is 405 g/mol. The highest BCUT2D eigenvalue weighted by molar-refractivity contribution is 5.95. The van der Waals surface area contributed by atoms with E-state index in [0.717, 1.165) is 4.90 Å². The highest BCUT2D eigenvalue weighted by Crippen LogP contribution is 2.36. The molecule has 1 fully saturated rings. The molecule has 28 heavy (non-hydrogen) atoms. The molecule has 0 radical (unpaired) electrons. The number of nitrogens with zero attached hydrogens (tertiary/aromatic N) is 3. The number of benzene rings is 1. The van der Waals surface area contributed by atoms with Gasteiger partial charge in [0.25, 0.3) is 5.91 Å². The van der Waals surface area contributed by atoms with Crippen LogP contribution >= 0.6 is 0 Å². The second-order valence-corrected chi connectivity index (χ2v) is 6.14. The summed E-state index contributed by atoms with van der Waals surface area (Å²) < 4.78 is 83.3. The van der Waals surface area contributed by atoms with Crippen LogP contribution in [0.5, 0.6) is 5.88 Å². The molecule has 5 nitrogen and oxygen atoms in total. The van der Waals surface area contributed by atoms with Crippen molar-refractivity contribution < 1.29 is 35.9 Å². The summed E-state index contributed by atoms with van der Waals surface area (Å²) in [5.41, 5.74) is -3.74. The first kappa shape index (κ1) is 19.9. The molecule has 2 aromatic rings. The van der Waals surface area contributed by atoms with Gasteiger partial charge in [-0.3, -0.25) is 4.79 Å². The Morgan fingerprint density at radius 1 is 1.07 bits per heavy atom. The van der Waals surface area contributed by atoms with Crippen molar-refractivity contribution in [2.75, 3.05) is 13.1 Å². The molecular weight excluding hydrogens is 392 g/mol. The van der Waals surface area contributed by atoms with Crippen LogP contribution in [-0.2, 0) is 12.4 Å². The third-order valence-electron chi connectivity index (χ3n) is 4.10. The first-order valence-electron chi connectivity index (χ1n) is 8.07. The van der Waals surface area contributed by atoms with E-state index in [0.29, 0.717) is 18.6 Å². The predicted molar refractivity (Wildman–Crippen MR) is 83.4 cm³/mol.